The van der Waals surface area contributed by atoms with Crippen LogP contribution in [0, 0.1) is 11.3 Å². The summed E-state index contributed by atoms with van der Waals surface area (Å²) in [5.41, 5.74) is 5.01. The zero-order chi connectivity index (χ0) is 31.3. The summed E-state index contributed by atoms with van der Waals surface area (Å²) in [4.78, 5) is 14.8. The van der Waals surface area contributed by atoms with Crippen LogP contribution < -0.4 is 9.47 Å². The number of fused-ring (bicyclic) bond motifs is 5. The first-order chi connectivity index (χ1) is 23.2. The molecule has 1 aliphatic rings. The van der Waals surface area contributed by atoms with Gasteiger partial charge in [-0.25, -0.2) is 15.0 Å². The van der Waals surface area contributed by atoms with Crippen molar-refractivity contribution in [3.63, 3.8) is 0 Å². The fourth-order valence-electron chi connectivity index (χ4n) is 5.92. The third-order valence-electron chi connectivity index (χ3n) is 8.23. The van der Waals surface area contributed by atoms with Crippen molar-refractivity contribution < 1.29 is 9.47 Å². The van der Waals surface area contributed by atoms with Crippen molar-refractivity contribution in [3.8, 4) is 74.4 Å². The van der Waals surface area contributed by atoms with E-state index in [0.717, 1.165) is 32.3 Å². The molecule has 6 aromatic carbocycles. The second kappa shape index (κ2) is 10.9. The fourth-order valence-corrected chi connectivity index (χ4v) is 7.04. The molecule has 2 aromatic heterocycles. The lowest BCUT2D eigenvalue weighted by molar-refractivity contribution is 0.361. The summed E-state index contributed by atoms with van der Waals surface area (Å²) >= 11 is 1.73. The number of rotatable bonds is 4. The van der Waals surface area contributed by atoms with Crippen molar-refractivity contribution in [2.75, 3.05) is 0 Å². The van der Waals surface area contributed by atoms with Gasteiger partial charge in [-0.1, -0.05) is 91.0 Å². The van der Waals surface area contributed by atoms with Crippen LogP contribution in [0.3, 0.4) is 0 Å². The standard InChI is InChI=1S/C40H22N4O2S/c41-23-24-8-6-11-28(20-24)25-16-18-27(19-17-25)39-42-38(26-9-2-1-3-10-26)43-40(44-39)30-13-7-14-32-37(30)46-34-22-36-31(21-33(34)45-32)29-12-4-5-15-35(29)47-36/h1-22H. The molecule has 0 unspecified atom stereocenters. The van der Waals surface area contributed by atoms with Crippen LogP contribution in [-0.4, -0.2) is 15.0 Å². The van der Waals surface area contributed by atoms with E-state index in [1.54, 1.807) is 17.4 Å². The summed E-state index contributed by atoms with van der Waals surface area (Å²) in [6.07, 6.45) is 0. The summed E-state index contributed by atoms with van der Waals surface area (Å²) in [6, 6.07) is 46.0. The second-order valence-corrected chi connectivity index (χ2v) is 12.3. The molecule has 8 aromatic rings. The summed E-state index contributed by atoms with van der Waals surface area (Å²) in [7, 11) is 0. The van der Waals surface area contributed by atoms with Crippen LogP contribution >= 0.6 is 11.3 Å². The number of benzene rings is 6. The predicted molar refractivity (Wildman–Crippen MR) is 186 cm³/mol. The molecule has 9 rings (SSSR count). The van der Waals surface area contributed by atoms with Crippen molar-refractivity contribution in [2.24, 2.45) is 0 Å². The van der Waals surface area contributed by atoms with E-state index >= 15 is 0 Å². The minimum atomic E-state index is 0.478. The molecule has 0 atom stereocenters. The van der Waals surface area contributed by atoms with Gasteiger partial charge in [0.25, 0.3) is 0 Å². The third kappa shape index (κ3) is 4.76. The van der Waals surface area contributed by atoms with Gasteiger partial charge in [-0.15, -0.1) is 11.3 Å². The molecule has 220 valence electrons. The van der Waals surface area contributed by atoms with Crippen molar-refractivity contribution >= 4 is 31.5 Å². The maximum absolute atomic E-state index is 9.34. The number of thiophene rings is 1. The summed E-state index contributed by atoms with van der Waals surface area (Å²) in [6.45, 7) is 0. The molecule has 3 heterocycles. The Morgan fingerprint density at radius 1 is 0.489 bits per heavy atom. The average Bonchev–Trinajstić information content (AvgIpc) is 3.50. The topological polar surface area (TPSA) is 80.9 Å². The number of hydrogen-bond donors (Lipinski definition) is 0. The highest BCUT2D eigenvalue weighted by molar-refractivity contribution is 7.25. The molecule has 0 saturated carbocycles. The number of hydrogen-bond acceptors (Lipinski definition) is 7. The van der Waals surface area contributed by atoms with E-state index in [-0.39, 0.29) is 0 Å². The molecular weight excluding hydrogens is 601 g/mol. The highest BCUT2D eigenvalue weighted by Crippen LogP contribution is 2.52. The molecule has 0 N–H and O–H groups in total. The zero-order valence-corrected chi connectivity index (χ0v) is 25.5. The maximum atomic E-state index is 9.34. The van der Waals surface area contributed by atoms with Crippen molar-refractivity contribution in [1.82, 2.24) is 15.0 Å². The fraction of sp³-hybridized carbons (Fsp3) is 0. The van der Waals surface area contributed by atoms with Gasteiger partial charge >= 0.3 is 0 Å². The maximum Gasteiger partial charge on any atom is 0.181 e. The van der Waals surface area contributed by atoms with Gasteiger partial charge in [0.1, 0.15) is 0 Å². The number of aromatic nitrogens is 3. The lowest BCUT2D eigenvalue weighted by Gasteiger charge is -2.22. The molecule has 0 spiro atoms. The highest BCUT2D eigenvalue weighted by Gasteiger charge is 2.26. The second-order valence-electron chi connectivity index (χ2n) is 11.2. The largest absolute Gasteiger partial charge is 0.449 e. The molecular formula is C40H22N4O2S. The van der Waals surface area contributed by atoms with Gasteiger partial charge in [0.15, 0.2) is 40.5 Å². The Kier molecular flexibility index (Phi) is 6.27. The lowest BCUT2D eigenvalue weighted by Crippen LogP contribution is -2.04. The van der Waals surface area contributed by atoms with Crippen LogP contribution in [0.4, 0.5) is 0 Å². The molecule has 6 nitrogen and oxygen atoms in total. The Labute approximate surface area is 273 Å². The molecule has 1 aliphatic heterocycles. The molecule has 0 radical (unpaired) electrons. The molecule has 0 saturated heterocycles. The van der Waals surface area contributed by atoms with Gasteiger partial charge in [-0.05, 0) is 47.5 Å². The van der Waals surface area contributed by atoms with Crippen LogP contribution in [0.1, 0.15) is 5.56 Å². The van der Waals surface area contributed by atoms with E-state index < -0.39 is 0 Å². The first kappa shape index (κ1) is 27.0. The smallest absolute Gasteiger partial charge is 0.181 e. The highest BCUT2D eigenvalue weighted by atomic mass is 32.1. The van der Waals surface area contributed by atoms with Crippen molar-refractivity contribution in [3.05, 3.63) is 139 Å². The Balaban J connectivity index is 1.15. The normalized spacial score (nSPS) is 11.7. The molecule has 0 bridgehead atoms. The van der Waals surface area contributed by atoms with E-state index in [9.17, 15) is 5.26 Å². The Hall–Kier alpha value is -6.36. The molecule has 0 fully saturated rings. The van der Waals surface area contributed by atoms with Crippen molar-refractivity contribution in [2.45, 2.75) is 0 Å². The first-order valence-electron chi connectivity index (χ1n) is 15.1. The van der Waals surface area contributed by atoms with E-state index in [1.165, 1.54) is 10.1 Å². The predicted octanol–water partition coefficient (Wildman–Crippen LogP) is 10.7. The minimum Gasteiger partial charge on any atom is -0.449 e. The SMILES string of the molecule is N#Cc1cccc(-c2ccc(-c3nc(-c4ccccc4)nc(-c4cccc5c4Oc4cc6sc7ccccc7c6cc4O5)n3)cc2)c1. The van der Waals surface area contributed by atoms with Gasteiger partial charge in [0.2, 0.25) is 0 Å². The third-order valence-corrected chi connectivity index (χ3v) is 9.36. The number of nitriles is 1. The van der Waals surface area contributed by atoms with Crippen molar-refractivity contribution in [1.29, 1.82) is 5.26 Å². The zero-order valence-electron chi connectivity index (χ0n) is 24.7. The van der Waals surface area contributed by atoms with Gasteiger partial charge in [-0.3, -0.25) is 0 Å². The van der Waals surface area contributed by atoms with Gasteiger partial charge in [0.05, 0.1) is 17.2 Å². The molecule has 7 heteroatoms. The monoisotopic (exact) mass is 622 g/mol. The number of nitrogens with zero attached hydrogens (tertiary/aromatic N) is 4. The summed E-state index contributed by atoms with van der Waals surface area (Å²) in [5, 5.41) is 11.7. The summed E-state index contributed by atoms with van der Waals surface area (Å²) in [5.74, 6) is 4.05. The lowest BCUT2D eigenvalue weighted by atomic mass is 10.0. The summed E-state index contributed by atoms with van der Waals surface area (Å²) < 4.78 is 15.4. The Morgan fingerprint density at radius 3 is 2.00 bits per heavy atom. The van der Waals surface area contributed by atoms with E-state index in [2.05, 4.69) is 42.5 Å². The Bertz CT molecular complexity index is 2540. The number of ether oxygens (including phenoxy) is 2. The average molecular weight is 623 g/mol. The van der Waals surface area contributed by atoms with Gasteiger partial charge in [-0.2, -0.15) is 5.26 Å². The van der Waals surface area contributed by atoms with E-state index in [4.69, 9.17) is 24.4 Å². The van der Waals surface area contributed by atoms with Crippen LogP contribution in [0.2, 0.25) is 0 Å². The first-order valence-corrected chi connectivity index (χ1v) is 15.9. The molecule has 0 aliphatic carbocycles. The minimum absolute atomic E-state index is 0.478. The van der Waals surface area contributed by atoms with Gasteiger partial charge in [0, 0.05) is 37.4 Å². The van der Waals surface area contributed by atoms with Crippen LogP contribution in [-0.2, 0) is 0 Å². The quantitative estimate of drug-likeness (QED) is 0.194. The molecule has 0 amide bonds. The van der Waals surface area contributed by atoms with Crippen LogP contribution in [0.15, 0.2) is 133 Å². The van der Waals surface area contributed by atoms with Crippen LogP contribution in [0.5, 0.6) is 23.0 Å². The van der Waals surface area contributed by atoms with Gasteiger partial charge < -0.3 is 9.47 Å². The van der Waals surface area contributed by atoms with E-state index in [1.807, 2.05) is 91.0 Å². The van der Waals surface area contributed by atoms with Crippen LogP contribution in [0.25, 0.3) is 65.5 Å². The van der Waals surface area contributed by atoms with E-state index in [0.29, 0.717) is 51.6 Å². The molecule has 47 heavy (non-hydrogen) atoms. The number of para-hydroxylation sites is 1. The Morgan fingerprint density at radius 2 is 1.17 bits per heavy atom.